The van der Waals surface area contributed by atoms with Crippen LogP contribution in [0.4, 0.5) is 17.6 Å². The topological polar surface area (TPSA) is 72.0 Å². The molecule has 0 bridgehead atoms. The van der Waals surface area contributed by atoms with Crippen LogP contribution in [0.2, 0.25) is 0 Å². The molecule has 0 aliphatic carbocycles. The Bertz CT molecular complexity index is 561. The van der Waals surface area contributed by atoms with Gasteiger partial charge in [-0.2, -0.15) is 15.0 Å². The van der Waals surface area contributed by atoms with Crippen molar-refractivity contribution in [2.75, 3.05) is 30.5 Å². The summed E-state index contributed by atoms with van der Waals surface area (Å²) in [5.41, 5.74) is 0.915. The summed E-state index contributed by atoms with van der Waals surface area (Å²) in [7, 11) is 1.75. The van der Waals surface area contributed by atoms with Crippen LogP contribution < -0.4 is 15.4 Å². The number of nitrogens with zero attached hydrogens (tertiary/aromatic N) is 3. The Hall–Kier alpha value is -2.02. The molecule has 0 fully saturated rings. The number of nitrogens with one attached hydrogen (secondary N) is 2. The highest BCUT2D eigenvalue weighted by molar-refractivity contribution is 7.98. The van der Waals surface area contributed by atoms with E-state index >= 15 is 0 Å². The van der Waals surface area contributed by atoms with Gasteiger partial charge in [0.05, 0.1) is 6.61 Å². The second kappa shape index (κ2) is 6.95. The summed E-state index contributed by atoms with van der Waals surface area (Å²) >= 11 is 1.70. The molecular weight excluding hydrogens is 274 g/mol. The minimum absolute atomic E-state index is 0.301. The van der Waals surface area contributed by atoms with Gasteiger partial charge in [-0.25, -0.2) is 0 Å². The molecule has 0 unspecified atom stereocenters. The number of aromatic nitrogens is 3. The molecule has 2 aromatic rings. The van der Waals surface area contributed by atoms with E-state index in [1.54, 1.807) is 18.8 Å². The summed E-state index contributed by atoms with van der Waals surface area (Å²) in [5, 5.41) is 6.02. The van der Waals surface area contributed by atoms with E-state index < -0.39 is 0 Å². The maximum Gasteiger partial charge on any atom is 0.323 e. The predicted molar refractivity (Wildman–Crippen MR) is 82.0 cm³/mol. The van der Waals surface area contributed by atoms with E-state index in [1.807, 2.05) is 37.4 Å². The summed E-state index contributed by atoms with van der Waals surface area (Å²) in [4.78, 5) is 13.8. The average Bonchev–Trinajstić information content (AvgIpc) is 2.48. The molecule has 1 aromatic heterocycles. The van der Waals surface area contributed by atoms with Gasteiger partial charge >= 0.3 is 6.01 Å². The van der Waals surface area contributed by atoms with Crippen LogP contribution in [-0.2, 0) is 0 Å². The standard InChI is InChI=1S/C13H17N5OS/c1-4-19-13-17-11(14-2)16-12(18-13)15-9-5-7-10(20-3)8-6-9/h5-8H,4H2,1-3H3,(H2,14,15,16,17,18). The van der Waals surface area contributed by atoms with E-state index in [-0.39, 0.29) is 0 Å². The minimum Gasteiger partial charge on any atom is -0.464 e. The van der Waals surface area contributed by atoms with Crippen LogP contribution in [0.5, 0.6) is 6.01 Å². The molecule has 2 rings (SSSR count). The first-order chi connectivity index (χ1) is 9.75. The maximum absolute atomic E-state index is 5.32. The van der Waals surface area contributed by atoms with Gasteiger partial charge in [-0.15, -0.1) is 11.8 Å². The number of benzene rings is 1. The molecule has 0 spiro atoms. The minimum atomic E-state index is 0.301. The maximum atomic E-state index is 5.32. The molecule has 106 valence electrons. The highest BCUT2D eigenvalue weighted by Gasteiger charge is 2.06. The number of hydrogen-bond acceptors (Lipinski definition) is 7. The number of hydrogen-bond donors (Lipinski definition) is 2. The van der Waals surface area contributed by atoms with E-state index in [0.29, 0.717) is 24.5 Å². The van der Waals surface area contributed by atoms with E-state index in [2.05, 4.69) is 25.6 Å². The molecule has 7 heteroatoms. The van der Waals surface area contributed by atoms with Crippen molar-refractivity contribution in [3.05, 3.63) is 24.3 Å². The van der Waals surface area contributed by atoms with Gasteiger partial charge < -0.3 is 15.4 Å². The normalized spacial score (nSPS) is 10.2. The van der Waals surface area contributed by atoms with Crippen molar-refractivity contribution in [1.29, 1.82) is 0 Å². The first-order valence-corrected chi connectivity index (χ1v) is 7.45. The van der Waals surface area contributed by atoms with Gasteiger partial charge in [0.2, 0.25) is 11.9 Å². The molecule has 1 aromatic carbocycles. The second-order valence-corrected chi connectivity index (χ2v) is 4.68. The molecule has 20 heavy (non-hydrogen) atoms. The third kappa shape index (κ3) is 3.74. The van der Waals surface area contributed by atoms with E-state index in [0.717, 1.165) is 5.69 Å². The lowest BCUT2D eigenvalue weighted by Gasteiger charge is -2.08. The van der Waals surface area contributed by atoms with Crippen LogP contribution in [0.1, 0.15) is 6.92 Å². The summed E-state index contributed by atoms with van der Waals surface area (Å²) in [6.45, 7) is 2.39. The van der Waals surface area contributed by atoms with Crippen LogP contribution in [0.15, 0.2) is 29.2 Å². The van der Waals surface area contributed by atoms with E-state index in [4.69, 9.17) is 4.74 Å². The first-order valence-electron chi connectivity index (χ1n) is 6.23. The third-order valence-electron chi connectivity index (χ3n) is 2.46. The molecule has 0 aliphatic heterocycles. The third-order valence-corrected chi connectivity index (χ3v) is 3.20. The number of anilines is 3. The van der Waals surface area contributed by atoms with Crippen LogP contribution in [0.3, 0.4) is 0 Å². The van der Waals surface area contributed by atoms with Crippen molar-refractivity contribution in [2.24, 2.45) is 0 Å². The highest BCUT2D eigenvalue weighted by Crippen LogP contribution is 2.20. The predicted octanol–water partition coefficient (Wildman–Crippen LogP) is 2.78. The Balaban J connectivity index is 2.20. The number of ether oxygens (including phenoxy) is 1. The van der Waals surface area contributed by atoms with Crippen molar-refractivity contribution in [1.82, 2.24) is 15.0 Å². The lowest BCUT2D eigenvalue weighted by Crippen LogP contribution is -2.06. The molecule has 0 aliphatic rings. The van der Waals surface area contributed by atoms with Crippen LogP contribution in [0.25, 0.3) is 0 Å². The lowest BCUT2D eigenvalue weighted by atomic mass is 10.3. The zero-order valence-corrected chi connectivity index (χ0v) is 12.5. The highest BCUT2D eigenvalue weighted by atomic mass is 32.2. The molecule has 0 saturated heterocycles. The molecular formula is C13H17N5OS. The molecule has 2 N–H and O–H groups in total. The van der Waals surface area contributed by atoms with Crippen molar-refractivity contribution >= 4 is 29.3 Å². The second-order valence-electron chi connectivity index (χ2n) is 3.80. The van der Waals surface area contributed by atoms with Gasteiger partial charge in [0.1, 0.15) is 0 Å². The van der Waals surface area contributed by atoms with Crippen LogP contribution in [-0.4, -0.2) is 34.9 Å². The summed E-state index contributed by atoms with van der Waals surface area (Å²) in [5.74, 6) is 0.913. The smallest absolute Gasteiger partial charge is 0.323 e. The quantitative estimate of drug-likeness (QED) is 0.793. The van der Waals surface area contributed by atoms with Gasteiger partial charge in [-0.05, 0) is 37.4 Å². The number of rotatable bonds is 6. The molecule has 1 heterocycles. The Labute approximate surface area is 122 Å². The van der Waals surface area contributed by atoms with Crippen molar-refractivity contribution < 1.29 is 4.74 Å². The van der Waals surface area contributed by atoms with Crippen molar-refractivity contribution in [2.45, 2.75) is 11.8 Å². The fourth-order valence-electron chi connectivity index (χ4n) is 1.52. The monoisotopic (exact) mass is 291 g/mol. The SMILES string of the molecule is CCOc1nc(NC)nc(Nc2ccc(SC)cc2)n1. The van der Waals surface area contributed by atoms with E-state index in [9.17, 15) is 0 Å². The largest absolute Gasteiger partial charge is 0.464 e. The number of thioether (sulfide) groups is 1. The summed E-state index contributed by atoms with van der Waals surface area (Å²) in [6.07, 6.45) is 2.04. The zero-order valence-electron chi connectivity index (χ0n) is 11.7. The van der Waals surface area contributed by atoms with E-state index in [1.165, 1.54) is 4.90 Å². The first kappa shape index (κ1) is 14.4. The van der Waals surface area contributed by atoms with Gasteiger partial charge in [0.25, 0.3) is 0 Å². The van der Waals surface area contributed by atoms with Crippen LogP contribution >= 0.6 is 11.8 Å². The van der Waals surface area contributed by atoms with Crippen molar-refractivity contribution in [3.63, 3.8) is 0 Å². The van der Waals surface area contributed by atoms with Gasteiger partial charge in [0.15, 0.2) is 0 Å². The Kier molecular flexibility index (Phi) is 5.00. The molecule has 0 radical (unpaired) electrons. The summed E-state index contributed by atoms with van der Waals surface area (Å²) < 4.78 is 5.32. The Morgan fingerprint density at radius 3 is 2.40 bits per heavy atom. The lowest BCUT2D eigenvalue weighted by molar-refractivity contribution is 0.312. The zero-order chi connectivity index (χ0) is 14.4. The van der Waals surface area contributed by atoms with Crippen molar-refractivity contribution in [3.8, 4) is 6.01 Å². The fourth-order valence-corrected chi connectivity index (χ4v) is 1.93. The molecule has 0 amide bonds. The van der Waals surface area contributed by atoms with Gasteiger partial charge in [-0.3, -0.25) is 0 Å². The molecule has 0 atom stereocenters. The van der Waals surface area contributed by atoms with Gasteiger partial charge in [-0.1, -0.05) is 0 Å². The molecule has 6 nitrogen and oxygen atoms in total. The Morgan fingerprint density at radius 1 is 1.10 bits per heavy atom. The van der Waals surface area contributed by atoms with Crippen LogP contribution in [0, 0.1) is 0 Å². The van der Waals surface area contributed by atoms with Gasteiger partial charge in [0, 0.05) is 17.6 Å². The average molecular weight is 291 g/mol. The fraction of sp³-hybridized carbons (Fsp3) is 0.308. The summed E-state index contributed by atoms with van der Waals surface area (Å²) in [6, 6.07) is 8.34. The Morgan fingerprint density at radius 2 is 1.80 bits per heavy atom. The molecule has 0 saturated carbocycles.